The van der Waals surface area contributed by atoms with Gasteiger partial charge in [-0.2, -0.15) is 0 Å². The summed E-state index contributed by atoms with van der Waals surface area (Å²) in [5.41, 5.74) is 0.948. The minimum Gasteiger partial charge on any atom is -0.493 e. The SMILES string of the molecule is COc1ccc(-c2nnc3n2[C@@H]2CCCC[C@@H]2N(C(=O)CC[C@@H]2CCCO2)C3)cc1OC. The molecule has 0 unspecified atom stereocenters. The molecule has 3 aliphatic rings. The van der Waals surface area contributed by atoms with Gasteiger partial charge in [0.2, 0.25) is 5.91 Å². The number of nitrogens with zero attached hydrogens (tertiary/aromatic N) is 4. The van der Waals surface area contributed by atoms with E-state index in [0.29, 0.717) is 24.5 Å². The van der Waals surface area contributed by atoms with Crippen LogP contribution in [-0.4, -0.2) is 58.5 Å². The summed E-state index contributed by atoms with van der Waals surface area (Å²) < 4.78 is 18.9. The predicted molar refractivity (Wildman–Crippen MR) is 119 cm³/mol. The molecule has 32 heavy (non-hydrogen) atoms. The molecule has 8 nitrogen and oxygen atoms in total. The summed E-state index contributed by atoms with van der Waals surface area (Å²) in [7, 11) is 3.27. The van der Waals surface area contributed by atoms with Crippen LogP contribution in [0.15, 0.2) is 18.2 Å². The standard InChI is InChI=1S/C24H32N4O4/c1-30-20-11-9-16(14-21(20)31-2)24-26-25-22-15-27(18-7-3-4-8-19(18)28(22)24)23(29)12-10-17-6-5-13-32-17/h9,11,14,17-19H,3-8,10,12-13,15H2,1-2H3/t17-,18-,19+/m0/s1. The van der Waals surface area contributed by atoms with Crippen molar-refractivity contribution in [2.24, 2.45) is 0 Å². The molecule has 1 saturated heterocycles. The number of rotatable bonds is 6. The molecule has 2 fully saturated rings. The van der Waals surface area contributed by atoms with Gasteiger partial charge in [-0.25, -0.2) is 0 Å². The molecular weight excluding hydrogens is 408 g/mol. The van der Waals surface area contributed by atoms with E-state index in [1.807, 2.05) is 18.2 Å². The largest absolute Gasteiger partial charge is 0.493 e. The molecule has 1 saturated carbocycles. The molecule has 1 aromatic carbocycles. The Morgan fingerprint density at radius 3 is 2.62 bits per heavy atom. The summed E-state index contributed by atoms with van der Waals surface area (Å²) >= 11 is 0. The Morgan fingerprint density at radius 1 is 1.06 bits per heavy atom. The first-order valence-electron chi connectivity index (χ1n) is 11.8. The number of benzene rings is 1. The normalized spacial score (nSPS) is 24.7. The number of fused-ring (bicyclic) bond motifs is 3. The Bertz CT molecular complexity index is 969. The van der Waals surface area contributed by atoms with Crippen LogP contribution in [0.1, 0.15) is 63.2 Å². The number of carbonyl (C=O) groups is 1. The number of aromatic nitrogens is 3. The van der Waals surface area contributed by atoms with Gasteiger partial charge in [0.05, 0.1) is 39.0 Å². The molecule has 3 atom stereocenters. The molecule has 2 aliphatic heterocycles. The van der Waals surface area contributed by atoms with Crippen molar-refractivity contribution < 1.29 is 19.0 Å². The van der Waals surface area contributed by atoms with Crippen molar-refractivity contribution in [3.05, 3.63) is 24.0 Å². The highest BCUT2D eigenvalue weighted by molar-refractivity contribution is 5.77. The average Bonchev–Trinajstić information content (AvgIpc) is 3.51. The second-order valence-electron chi connectivity index (χ2n) is 8.99. The lowest BCUT2D eigenvalue weighted by Crippen LogP contribution is -2.50. The third-order valence-corrected chi connectivity index (χ3v) is 7.17. The summed E-state index contributed by atoms with van der Waals surface area (Å²) in [6.45, 7) is 1.35. The van der Waals surface area contributed by atoms with Crippen molar-refractivity contribution in [1.82, 2.24) is 19.7 Å². The van der Waals surface area contributed by atoms with Crippen LogP contribution in [0.3, 0.4) is 0 Å². The number of ether oxygens (including phenoxy) is 3. The monoisotopic (exact) mass is 440 g/mol. The maximum absolute atomic E-state index is 13.2. The van der Waals surface area contributed by atoms with E-state index in [0.717, 1.165) is 68.8 Å². The Hall–Kier alpha value is -2.61. The predicted octanol–water partition coefficient (Wildman–Crippen LogP) is 3.75. The van der Waals surface area contributed by atoms with Crippen molar-refractivity contribution >= 4 is 5.91 Å². The number of carbonyl (C=O) groups excluding carboxylic acids is 1. The van der Waals surface area contributed by atoms with Gasteiger partial charge in [-0.05, 0) is 50.3 Å². The molecule has 0 radical (unpaired) electrons. The molecule has 8 heteroatoms. The number of hydrogen-bond acceptors (Lipinski definition) is 6. The van der Waals surface area contributed by atoms with Gasteiger partial charge in [-0.3, -0.25) is 4.79 Å². The van der Waals surface area contributed by atoms with Crippen LogP contribution in [0, 0.1) is 0 Å². The molecule has 1 aromatic heterocycles. The molecule has 2 aromatic rings. The highest BCUT2D eigenvalue weighted by Crippen LogP contribution is 2.41. The summed E-state index contributed by atoms with van der Waals surface area (Å²) in [5.74, 6) is 3.28. The topological polar surface area (TPSA) is 78.7 Å². The summed E-state index contributed by atoms with van der Waals surface area (Å²) in [4.78, 5) is 15.3. The van der Waals surface area contributed by atoms with E-state index in [-0.39, 0.29) is 24.1 Å². The van der Waals surface area contributed by atoms with E-state index in [1.54, 1.807) is 14.2 Å². The number of hydrogen-bond donors (Lipinski definition) is 0. The van der Waals surface area contributed by atoms with Crippen molar-refractivity contribution in [3.8, 4) is 22.9 Å². The van der Waals surface area contributed by atoms with Gasteiger partial charge in [0, 0.05) is 18.6 Å². The van der Waals surface area contributed by atoms with E-state index in [9.17, 15) is 4.79 Å². The van der Waals surface area contributed by atoms with Crippen molar-refractivity contribution in [3.63, 3.8) is 0 Å². The summed E-state index contributed by atoms with van der Waals surface area (Å²) in [6, 6.07) is 6.25. The third kappa shape index (κ3) is 3.85. The maximum Gasteiger partial charge on any atom is 0.223 e. The van der Waals surface area contributed by atoms with Gasteiger partial charge in [0.25, 0.3) is 0 Å². The van der Waals surface area contributed by atoms with E-state index < -0.39 is 0 Å². The molecule has 3 heterocycles. The fraction of sp³-hybridized carbons (Fsp3) is 0.625. The smallest absolute Gasteiger partial charge is 0.223 e. The molecule has 172 valence electrons. The lowest BCUT2D eigenvalue weighted by atomic mass is 9.86. The van der Waals surface area contributed by atoms with Crippen LogP contribution >= 0.6 is 0 Å². The summed E-state index contributed by atoms with van der Waals surface area (Å²) in [6.07, 6.45) is 8.15. The second-order valence-corrected chi connectivity index (χ2v) is 8.99. The Labute approximate surface area is 188 Å². The Balaban J connectivity index is 1.42. The van der Waals surface area contributed by atoms with E-state index in [2.05, 4.69) is 19.7 Å². The zero-order valence-electron chi connectivity index (χ0n) is 19.0. The van der Waals surface area contributed by atoms with Crippen LogP contribution in [0.4, 0.5) is 0 Å². The van der Waals surface area contributed by atoms with Crippen LogP contribution in [0.25, 0.3) is 11.4 Å². The highest BCUT2D eigenvalue weighted by atomic mass is 16.5. The first-order valence-corrected chi connectivity index (χ1v) is 11.8. The first-order chi connectivity index (χ1) is 15.7. The first kappa shape index (κ1) is 21.2. The van der Waals surface area contributed by atoms with Crippen LogP contribution in [-0.2, 0) is 16.1 Å². The quantitative estimate of drug-likeness (QED) is 0.681. The Kier molecular flexibility index (Phi) is 6.04. The third-order valence-electron chi connectivity index (χ3n) is 7.17. The molecule has 5 rings (SSSR count). The molecule has 0 N–H and O–H groups in total. The number of amides is 1. The average molecular weight is 441 g/mol. The van der Waals surface area contributed by atoms with E-state index in [4.69, 9.17) is 14.2 Å². The molecule has 1 amide bonds. The van der Waals surface area contributed by atoms with Gasteiger partial charge < -0.3 is 23.7 Å². The molecule has 0 bridgehead atoms. The van der Waals surface area contributed by atoms with E-state index in [1.165, 1.54) is 0 Å². The second kappa shape index (κ2) is 9.10. The van der Waals surface area contributed by atoms with Crippen LogP contribution in [0.2, 0.25) is 0 Å². The van der Waals surface area contributed by atoms with Gasteiger partial charge in [0.15, 0.2) is 23.1 Å². The van der Waals surface area contributed by atoms with E-state index >= 15 is 0 Å². The van der Waals surface area contributed by atoms with Crippen LogP contribution in [0.5, 0.6) is 11.5 Å². The minimum absolute atomic E-state index is 0.197. The Morgan fingerprint density at radius 2 is 1.88 bits per heavy atom. The van der Waals surface area contributed by atoms with Gasteiger partial charge in [0.1, 0.15) is 0 Å². The summed E-state index contributed by atoms with van der Waals surface area (Å²) in [5, 5.41) is 9.07. The zero-order chi connectivity index (χ0) is 22.1. The molecular formula is C24H32N4O4. The lowest BCUT2D eigenvalue weighted by molar-refractivity contribution is -0.138. The van der Waals surface area contributed by atoms with Crippen molar-refractivity contribution in [2.45, 2.75) is 76.1 Å². The van der Waals surface area contributed by atoms with Crippen LogP contribution < -0.4 is 9.47 Å². The highest BCUT2D eigenvalue weighted by Gasteiger charge is 2.41. The zero-order valence-corrected chi connectivity index (χ0v) is 19.0. The molecule has 0 spiro atoms. The fourth-order valence-corrected chi connectivity index (χ4v) is 5.55. The lowest BCUT2D eigenvalue weighted by Gasteiger charge is -2.45. The molecule has 1 aliphatic carbocycles. The van der Waals surface area contributed by atoms with Gasteiger partial charge in [-0.1, -0.05) is 12.8 Å². The van der Waals surface area contributed by atoms with Crippen molar-refractivity contribution in [1.29, 1.82) is 0 Å². The van der Waals surface area contributed by atoms with Gasteiger partial charge >= 0.3 is 0 Å². The maximum atomic E-state index is 13.2. The van der Waals surface area contributed by atoms with Gasteiger partial charge in [-0.15, -0.1) is 10.2 Å². The number of methoxy groups -OCH3 is 2. The van der Waals surface area contributed by atoms with Crippen molar-refractivity contribution in [2.75, 3.05) is 20.8 Å². The fourth-order valence-electron chi connectivity index (χ4n) is 5.55. The minimum atomic E-state index is 0.197.